The van der Waals surface area contributed by atoms with Crippen LogP contribution in [0.1, 0.15) is 30.5 Å². The van der Waals surface area contributed by atoms with Gasteiger partial charge in [-0.25, -0.2) is 0 Å². The highest BCUT2D eigenvalue weighted by Crippen LogP contribution is 2.31. The maximum atomic E-state index is 13.7. The summed E-state index contributed by atoms with van der Waals surface area (Å²) in [5, 5.41) is 11.8. The monoisotopic (exact) mass is 431 g/mol. The maximum absolute atomic E-state index is 13.7. The molecule has 4 nitrogen and oxygen atoms in total. The van der Waals surface area contributed by atoms with E-state index < -0.39 is 5.60 Å². The van der Waals surface area contributed by atoms with Crippen LogP contribution < -0.4 is 0 Å². The molecule has 1 N–H and O–H groups in total. The molecule has 168 valence electrons. The Morgan fingerprint density at radius 3 is 1.69 bits per heavy atom. The molecule has 0 bridgehead atoms. The van der Waals surface area contributed by atoms with Gasteiger partial charge in [0, 0.05) is 12.6 Å². The zero-order valence-electron chi connectivity index (χ0n) is 19.4. The topological polar surface area (TPSA) is 40.5 Å². The Labute approximate surface area is 192 Å². The molecule has 0 saturated carbocycles. The normalized spacial score (nSPS) is 11.9. The quantitative estimate of drug-likeness (QED) is 0.482. The Kier molecular flexibility index (Phi) is 7.84. The molecule has 0 aromatic heterocycles. The van der Waals surface area contributed by atoms with E-state index in [0.29, 0.717) is 17.7 Å². The van der Waals surface area contributed by atoms with E-state index in [2.05, 4.69) is 38.1 Å². The van der Waals surface area contributed by atoms with Crippen molar-refractivity contribution in [1.82, 2.24) is 4.90 Å². The van der Waals surface area contributed by atoms with Gasteiger partial charge in [0.05, 0.1) is 26.2 Å². The van der Waals surface area contributed by atoms with Gasteiger partial charge in [-0.05, 0) is 25.0 Å². The number of amides is 1. The first-order chi connectivity index (χ1) is 15.4. The van der Waals surface area contributed by atoms with Crippen molar-refractivity contribution in [1.29, 1.82) is 0 Å². The standard InChI is InChI=1S/C28H35N2O2/c1-4-30(5-2,23-24-15-9-6-10-16-24)22-21-29(3)27(31)28(32,25-17-11-7-12-18-25)26-19-13-8-14-20-26/h6-20,32H,4-5,21-23H2,1-3H3/q+1. The van der Waals surface area contributed by atoms with Crippen molar-refractivity contribution < 1.29 is 14.4 Å². The summed E-state index contributed by atoms with van der Waals surface area (Å²) in [6.45, 7) is 8.69. The number of aliphatic hydroxyl groups is 1. The van der Waals surface area contributed by atoms with Crippen molar-refractivity contribution >= 4 is 5.91 Å². The molecule has 0 aliphatic rings. The third-order valence-electron chi connectivity index (χ3n) is 6.65. The lowest BCUT2D eigenvalue weighted by Gasteiger charge is -2.39. The Morgan fingerprint density at radius 2 is 1.25 bits per heavy atom. The Morgan fingerprint density at radius 1 is 0.812 bits per heavy atom. The van der Waals surface area contributed by atoms with Crippen molar-refractivity contribution in [2.45, 2.75) is 26.0 Å². The molecule has 3 rings (SSSR count). The summed E-state index contributed by atoms with van der Waals surface area (Å²) in [6.07, 6.45) is 0. The van der Waals surface area contributed by atoms with Crippen LogP contribution in [0.3, 0.4) is 0 Å². The molecule has 0 aliphatic heterocycles. The van der Waals surface area contributed by atoms with E-state index in [9.17, 15) is 9.90 Å². The van der Waals surface area contributed by atoms with Gasteiger partial charge in [-0.3, -0.25) is 4.79 Å². The molecule has 0 heterocycles. The smallest absolute Gasteiger partial charge is 0.263 e. The third kappa shape index (κ3) is 5.09. The fourth-order valence-electron chi connectivity index (χ4n) is 4.33. The molecular formula is C28H35N2O2+. The van der Waals surface area contributed by atoms with Crippen LogP contribution in [0.25, 0.3) is 0 Å². The zero-order valence-corrected chi connectivity index (χ0v) is 19.4. The molecule has 3 aromatic carbocycles. The molecule has 0 saturated heterocycles. The SMILES string of the molecule is CC[N+](CC)(CCN(C)C(=O)C(O)(c1ccccc1)c1ccccc1)Cc1ccccc1. The summed E-state index contributed by atoms with van der Waals surface area (Å²) in [7, 11) is 1.79. The van der Waals surface area contributed by atoms with Crippen molar-refractivity contribution in [2.75, 3.05) is 33.2 Å². The summed E-state index contributed by atoms with van der Waals surface area (Å²) >= 11 is 0. The number of quaternary nitrogens is 1. The number of carbonyl (C=O) groups excluding carboxylic acids is 1. The molecule has 4 heteroatoms. The number of hydrogen-bond acceptors (Lipinski definition) is 2. The van der Waals surface area contributed by atoms with Gasteiger partial charge in [0.25, 0.3) is 5.91 Å². The van der Waals surface area contributed by atoms with Gasteiger partial charge in [0.2, 0.25) is 0 Å². The number of rotatable bonds is 10. The van der Waals surface area contributed by atoms with Crippen molar-refractivity contribution in [3.05, 3.63) is 108 Å². The largest absolute Gasteiger partial charge is 0.372 e. The van der Waals surface area contributed by atoms with Gasteiger partial charge in [-0.1, -0.05) is 91.0 Å². The van der Waals surface area contributed by atoms with Crippen LogP contribution in [0, 0.1) is 0 Å². The maximum Gasteiger partial charge on any atom is 0.263 e. The Bertz CT molecular complexity index is 931. The molecule has 1 amide bonds. The highest BCUT2D eigenvalue weighted by Gasteiger charge is 2.42. The number of carbonyl (C=O) groups is 1. The van der Waals surface area contributed by atoms with E-state index >= 15 is 0 Å². The lowest BCUT2D eigenvalue weighted by molar-refractivity contribution is -0.937. The van der Waals surface area contributed by atoms with Crippen molar-refractivity contribution in [2.24, 2.45) is 0 Å². The molecule has 0 spiro atoms. The van der Waals surface area contributed by atoms with E-state index in [4.69, 9.17) is 0 Å². The summed E-state index contributed by atoms with van der Waals surface area (Å²) in [5.41, 5.74) is 0.749. The fraction of sp³-hybridized carbons (Fsp3) is 0.321. The van der Waals surface area contributed by atoms with E-state index in [1.165, 1.54) is 5.56 Å². The lowest BCUT2D eigenvalue weighted by atomic mass is 9.85. The fourth-order valence-corrected chi connectivity index (χ4v) is 4.33. The summed E-state index contributed by atoms with van der Waals surface area (Å²) in [6, 6.07) is 29.0. The average Bonchev–Trinajstić information content (AvgIpc) is 2.87. The van der Waals surface area contributed by atoms with Gasteiger partial charge >= 0.3 is 0 Å². The second kappa shape index (κ2) is 10.6. The Hall–Kier alpha value is -2.95. The third-order valence-corrected chi connectivity index (χ3v) is 6.65. The van der Waals surface area contributed by atoms with Crippen LogP contribution in [0.15, 0.2) is 91.0 Å². The first-order valence-corrected chi connectivity index (χ1v) is 11.4. The molecule has 0 aliphatic carbocycles. The van der Waals surface area contributed by atoms with Crippen LogP contribution in [0.5, 0.6) is 0 Å². The summed E-state index contributed by atoms with van der Waals surface area (Å²) < 4.78 is 0.886. The van der Waals surface area contributed by atoms with Gasteiger partial charge in [-0.2, -0.15) is 0 Å². The lowest BCUT2D eigenvalue weighted by Crippen LogP contribution is -2.53. The average molecular weight is 432 g/mol. The molecule has 0 fully saturated rings. The second-order valence-corrected chi connectivity index (χ2v) is 8.51. The van der Waals surface area contributed by atoms with Crippen LogP contribution in [-0.2, 0) is 16.9 Å². The highest BCUT2D eigenvalue weighted by atomic mass is 16.3. The number of benzene rings is 3. The highest BCUT2D eigenvalue weighted by molar-refractivity contribution is 5.90. The van der Waals surface area contributed by atoms with E-state index in [0.717, 1.165) is 30.7 Å². The zero-order chi connectivity index (χ0) is 23.0. The van der Waals surface area contributed by atoms with Gasteiger partial charge in [-0.15, -0.1) is 0 Å². The number of nitrogens with zero attached hydrogens (tertiary/aromatic N) is 2. The second-order valence-electron chi connectivity index (χ2n) is 8.51. The Balaban J connectivity index is 1.83. The van der Waals surface area contributed by atoms with Crippen LogP contribution in [-0.4, -0.2) is 53.6 Å². The van der Waals surface area contributed by atoms with Crippen LogP contribution in [0.4, 0.5) is 0 Å². The minimum Gasteiger partial charge on any atom is -0.372 e. The van der Waals surface area contributed by atoms with Crippen LogP contribution in [0.2, 0.25) is 0 Å². The number of hydrogen-bond donors (Lipinski definition) is 1. The summed E-state index contributed by atoms with van der Waals surface area (Å²) in [4.78, 5) is 15.4. The first-order valence-electron chi connectivity index (χ1n) is 11.4. The molecule has 0 atom stereocenters. The summed E-state index contributed by atoms with van der Waals surface area (Å²) in [5.74, 6) is -0.306. The van der Waals surface area contributed by atoms with E-state index in [1.54, 1.807) is 11.9 Å². The van der Waals surface area contributed by atoms with Gasteiger partial charge in [0.1, 0.15) is 6.54 Å². The minimum absolute atomic E-state index is 0.306. The minimum atomic E-state index is -1.72. The number of likely N-dealkylation sites (N-methyl/N-ethyl adjacent to an activating group) is 2. The molecule has 32 heavy (non-hydrogen) atoms. The predicted octanol–water partition coefficient (Wildman–Crippen LogP) is 4.44. The van der Waals surface area contributed by atoms with Gasteiger partial charge in [0.15, 0.2) is 5.60 Å². The van der Waals surface area contributed by atoms with Crippen molar-refractivity contribution in [3.8, 4) is 0 Å². The van der Waals surface area contributed by atoms with E-state index in [1.807, 2.05) is 66.7 Å². The predicted molar refractivity (Wildman–Crippen MR) is 130 cm³/mol. The van der Waals surface area contributed by atoms with E-state index in [-0.39, 0.29) is 5.91 Å². The molecule has 0 unspecified atom stereocenters. The molecule has 0 radical (unpaired) electrons. The first kappa shape index (κ1) is 23.7. The molecule has 3 aromatic rings. The molecular weight excluding hydrogens is 396 g/mol. The van der Waals surface area contributed by atoms with Crippen LogP contribution >= 0.6 is 0 Å². The van der Waals surface area contributed by atoms with Gasteiger partial charge < -0.3 is 14.5 Å². The van der Waals surface area contributed by atoms with Crippen molar-refractivity contribution in [3.63, 3.8) is 0 Å².